The molecule has 1 aromatic heterocycles. The molecule has 110 valence electrons. The van der Waals surface area contributed by atoms with Gasteiger partial charge in [0.2, 0.25) is 0 Å². The second-order valence-corrected chi connectivity index (χ2v) is 5.20. The molecule has 1 atom stereocenters. The molecule has 4 heteroatoms. The normalized spacial score (nSPS) is 12.8. The van der Waals surface area contributed by atoms with Crippen molar-refractivity contribution in [1.82, 2.24) is 15.0 Å². The predicted octanol–water partition coefficient (Wildman–Crippen LogP) is 3.55. The highest BCUT2D eigenvalue weighted by atomic mass is 15.3. The van der Waals surface area contributed by atoms with Gasteiger partial charge in [0.25, 0.3) is 0 Å². The first-order valence-electron chi connectivity index (χ1n) is 7.80. The maximum absolute atomic E-state index is 5.66. The van der Waals surface area contributed by atoms with Crippen molar-refractivity contribution in [2.45, 2.75) is 77.8 Å². The molecular formula is C15H30N4. The lowest BCUT2D eigenvalue weighted by Gasteiger charge is -2.16. The summed E-state index contributed by atoms with van der Waals surface area (Å²) in [5, 5.41) is 0. The van der Waals surface area contributed by atoms with Gasteiger partial charge in [-0.15, -0.1) is 0 Å². The number of rotatable bonds is 11. The van der Waals surface area contributed by atoms with Crippen LogP contribution in [-0.2, 0) is 6.54 Å². The molecule has 0 aliphatic rings. The number of aromatic nitrogens is 2. The molecule has 0 bridgehead atoms. The first-order valence-corrected chi connectivity index (χ1v) is 7.80. The quantitative estimate of drug-likeness (QED) is 0.366. The van der Waals surface area contributed by atoms with Gasteiger partial charge in [-0.3, -0.25) is 5.84 Å². The van der Waals surface area contributed by atoms with E-state index in [4.69, 9.17) is 5.84 Å². The molecule has 0 fully saturated rings. The molecule has 19 heavy (non-hydrogen) atoms. The molecule has 1 rings (SSSR count). The fourth-order valence-corrected chi connectivity index (χ4v) is 2.49. The van der Waals surface area contributed by atoms with Gasteiger partial charge < -0.3 is 4.57 Å². The lowest BCUT2D eigenvalue weighted by Crippen LogP contribution is -2.30. The number of nitrogens with zero attached hydrogens (tertiary/aromatic N) is 2. The molecule has 1 aromatic rings. The maximum atomic E-state index is 5.66. The summed E-state index contributed by atoms with van der Waals surface area (Å²) < 4.78 is 2.16. The number of nitrogens with two attached hydrogens (primary N) is 1. The Hall–Kier alpha value is -0.870. The summed E-state index contributed by atoms with van der Waals surface area (Å²) in [5.74, 6) is 6.73. The largest absolute Gasteiger partial charge is 0.334 e. The predicted molar refractivity (Wildman–Crippen MR) is 80.6 cm³/mol. The van der Waals surface area contributed by atoms with Crippen molar-refractivity contribution in [3.05, 3.63) is 18.2 Å². The maximum Gasteiger partial charge on any atom is 0.127 e. The molecule has 4 nitrogen and oxygen atoms in total. The zero-order chi connectivity index (χ0) is 13.9. The Morgan fingerprint density at radius 3 is 2.47 bits per heavy atom. The van der Waals surface area contributed by atoms with Gasteiger partial charge in [0.05, 0.1) is 6.04 Å². The van der Waals surface area contributed by atoms with Crippen molar-refractivity contribution < 1.29 is 0 Å². The first-order chi connectivity index (χ1) is 9.33. The molecule has 0 aliphatic heterocycles. The van der Waals surface area contributed by atoms with E-state index in [2.05, 4.69) is 28.8 Å². The third kappa shape index (κ3) is 5.74. The van der Waals surface area contributed by atoms with Crippen LogP contribution in [-0.4, -0.2) is 9.55 Å². The number of unbranched alkanes of at least 4 members (excludes halogenated alkanes) is 6. The molecule has 0 aliphatic carbocycles. The second kappa shape index (κ2) is 9.98. The van der Waals surface area contributed by atoms with E-state index in [-0.39, 0.29) is 6.04 Å². The summed E-state index contributed by atoms with van der Waals surface area (Å²) >= 11 is 0. The van der Waals surface area contributed by atoms with Crippen molar-refractivity contribution in [3.63, 3.8) is 0 Å². The molecule has 3 N–H and O–H groups in total. The van der Waals surface area contributed by atoms with Crippen LogP contribution in [0, 0.1) is 0 Å². The van der Waals surface area contributed by atoms with Crippen molar-refractivity contribution in [2.75, 3.05) is 0 Å². The molecule has 1 unspecified atom stereocenters. The van der Waals surface area contributed by atoms with Crippen LogP contribution in [0.15, 0.2) is 12.4 Å². The smallest absolute Gasteiger partial charge is 0.127 e. The van der Waals surface area contributed by atoms with Crippen LogP contribution in [0.5, 0.6) is 0 Å². The Bertz CT molecular complexity index is 322. The van der Waals surface area contributed by atoms with Crippen LogP contribution in [0.2, 0.25) is 0 Å². The summed E-state index contributed by atoms with van der Waals surface area (Å²) in [7, 11) is 0. The van der Waals surface area contributed by atoms with Gasteiger partial charge in [-0.05, 0) is 13.3 Å². The summed E-state index contributed by atoms with van der Waals surface area (Å²) in [4.78, 5) is 4.42. The van der Waals surface area contributed by atoms with Gasteiger partial charge in [-0.1, -0.05) is 51.9 Å². The van der Waals surface area contributed by atoms with Crippen LogP contribution >= 0.6 is 0 Å². The van der Waals surface area contributed by atoms with E-state index < -0.39 is 0 Å². The van der Waals surface area contributed by atoms with Crippen LogP contribution in [0.3, 0.4) is 0 Å². The average molecular weight is 266 g/mol. The minimum atomic E-state index is 0.186. The summed E-state index contributed by atoms with van der Waals surface area (Å²) in [6, 6.07) is 0.186. The standard InChI is InChI=1S/C15H30N4/c1-3-5-6-7-8-9-10-11-14(18-16)15-17-12-13-19(15)4-2/h12-14,18H,3-11,16H2,1-2H3. The number of hydrazine groups is 1. The SMILES string of the molecule is CCCCCCCCCC(NN)c1nccn1CC. The van der Waals surface area contributed by atoms with Crippen LogP contribution in [0.1, 0.15) is 77.1 Å². The molecule has 0 saturated heterocycles. The Morgan fingerprint density at radius 1 is 1.16 bits per heavy atom. The Kier molecular flexibility index (Phi) is 8.50. The highest BCUT2D eigenvalue weighted by Gasteiger charge is 2.14. The molecule has 1 heterocycles. The summed E-state index contributed by atoms with van der Waals surface area (Å²) in [6.07, 6.45) is 14.3. The van der Waals surface area contributed by atoms with E-state index in [1.807, 2.05) is 12.4 Å². The van der Waals surface area contributed by atoms with Crippen LogP contribution in [0.4, 0.5) is 0 Å². The Labute approximate surface area is 117 Å². The third-order valence-corrected chi connectivity index (χ3v) is 3.70. The lowest BCUT2D eigenvalue weighted by molar-refractivity contribution is 0.442. The number of hydrogen-bond donors (Lipinski definition) is 2. The van der Waals surface area contributed by atoms with Crippen LogP contribution < -0.4 is 11.3 Å². The molecular weight excluding hydrogens is 236 g/mol. The van der Waals surface area contributed by atoms with E-state index in [1.165, 1.54) is 44.9 Å². The highest BCUT2D eigenvalue weighted by Crippen LogP contribution is 2.18. The van der Waals surface area contributed by atoms with E-state index in [0.717, 1.165) is 18.8 Å². The second-order valence-electron chi connectivity index (χ2n) is 5.20. The highest BCUT2D eigenvalue weighted by molar-refractivity contribution is 4.98. The van der Waals surface area contributed by atoms with Crippen molar-refractivity contribution in [1.29, 1.82) is 0 Å². The molecule has 0 saturated carbocycles. The van der Waals surface area contributed by atoms with Gasteiger partial charge in [0, 0.05) is 18.9 Å². The van der Waals surface area contributed by atoms with E-state index >= 15 is 0 Å². The minimum Gasteiger partial charge on any atom is -0.334 e. The van der Waals surface area contributed by atoms with E-state index in [1.54, 1.807) is 0 Å². The monoisotopic (exact) mass is 266 g/mol. The van der Waals surface area contributed by atoms with Gasteiger partial charge in [0.15, 0.2) is 0 Å². The molecule has 0 radical (unpaired) electrons. The number of hydrogen-bond acceptors (Lipinski definition) is 3. The fraction of sp³-hybridized carbons (Fsp3) is 0.800. The van der Waals surface area contributed by atoms with Gasteiger partial charge in [-0.25, -0.2) is 10.4 Å². The van der Waals surface area contributed by atoms with Crippen LogP contribution in [0.25, 0.3) is 0 Å². The zero-order valence-corrected chi connectivity index (χ0v) is 12.6. The van der Waals surface area contributed by atoms with Crippen molar-refractivity contribution >= 4 is 0 Å². The first kappa shape index (κ1) is 16.2. The fourth-order valence-electron chi connectivity index (χ4n) is 2.49. The van der Waals surface area contributed by atoms with E-state index in [0.29, 0.717) is 0 Å². The summed E-state index contributed by atoms with van der Waals surface area (Å²) in [5.41, 5.74) is 2.91. The van der Waals surface area contributed by atoms with Crippen molar-refractivity contribution in [3.8, 4) is 0 Å². The lowest BCUT2D eigenvalue weighted by atomic mass is 10.0. The topological polar surface area (TPSA) is 55.9 Å². The number of imidazole rings is 1. The molecule has 0 spiro atoms. The third-order valence-electron chi connectivity index (χ3n) is 3.70. The van der Waals surface area contributed by atoms with Gasteiger partial charge in [-0.2, -0.15) is 0 Å². The van der Waals surface area contributed by atoms with Gasteiger partial charge in [0.1, 0.15) is 5.82 Å². The number of aryl methyl sites for hydroxylation is 1. The average Bonchev–Trinajstić information content (AvgIpc) is 2.90. The number of nitrogens with one attached hydrogen (secondary N) is 1. The molecule has 0 aromatic carbocycles. The zero-order valence-electron chi connectivity index (χ0n) is 12.6. The minimum absolute atomic E-state index is 0.186. The molecule has 0 amide bonds. The van der Waals surface area contributed by atoms with Crippen molar-refractivity contribution in [2.24, 2.45) is 5.84 Å². The summed E-state index contributed by atoms with van der Waals surface area (Å²) in [6.45, 7) is 5.34. The Balaban J connectivity index is 2.22. The van der Waals surface area contributed by atoms with E-state index in [9.17, 15) is 0 Å². The van der Waals surface area contributed by atoms with Gasteiger partial charge >= 0.3 is 0 Å². The Morgan fingerprint density at radius 2 is 1.84 bits per heavy atom.